The number of nitrogens with two attached hydrogens (primary N) is 1. The second-order valence-electron chi connectivity index (χ2n) is 3.55. The van der Waals surface area contributed by atoms with Gasteiger partial charge in [-0.1, -0.05) is 12.1 Å². The summed E-state index contributed by atoms with van der Waals surface area (Å²) in [5, 5.41) is 0. The lowest BCUT2D eigenvalue weighted by Crippen LogP contribution is -2.18. The summed E-state index contributed by atoms with van der Waals surface area (Å²) in [4.78, 5) is 11.1. The predicted octanol–water partition coefficient (Wildman–Crippen LogP) is 1.98. The fourth-order valence-electron chi connectivity index (χ4n) is 1.42. The van der Waals surface area contributed by atoms with E-state index in [9.17, 15) is 4.79 Å². The molecule has 1 rings (SSSR count). The molecule has 3 nitrogen and oxygen atoms in total. The van der Waals surface area contributed by atoms with Gasteiger partial charge >= 0.3 is 0 Å². The number of Topliss-reactive ketones (excluding diaryl/α,β-unsaturated/α-hetero) is 1. The molecule has 1 unspecified atom stereocenters. The van der Waals surface area contributed by atoms with Crippen LogP contribution in [0.2, 0.25) is 0 Å². The van der Waals surface area contributed by atoms with Crippen LogP contribution in [0, 0.1) is 6.92 Å². The van der Waals surface area contributed by atoms with Crippen molar-refractivity contribution in [3.8, 4) is 5.75 Å². The highest BCUT2D eigenvalue weighted by Crippen LogP contribution is 2.22. The van der Waals surface area contributed by atoms with E-state index in [2.05, 4.69) is 0 Å². The Kier molecular flexibility index (Phi) is 3.86. The normalized spacial score (nSPS) is 12.3. The third-order valence-electron chi connectivity index (χ3n) is 2.30. The first-order chi connectivity index (χ1) is 7.06. The molecule has 0 bridgehead atoms. The Hall–Kier alpha value is -1.35. The molecule has 1 aromatic rings. The maximum atomic E-state index is 11.1. The van der Waals surface area contributed by atoms with Crippen molar-refractivity contribution in [3.05, 3.63) is 29.3 Å². The van der Waals surface area contributed by atoms with Gasteiger partial charge in [-0.3, -0.25) is 4.79 Å². The monoisotopic (exact) mass is 207 g/mol. The van der Waals surface area contributed by atoms with Crippen molar-refractivity contribution in [1.82, 2.24) is 0 Å². The van der Waals surface area contributed by atoms with Gasteiger partial charge in [0.1, 0.15) is 5.75 Å². The second kappa shape index (κ2) is 4.94. The van der Waals surface area contributed by atoms with Gasteiger partial charge in [0, 0.05) is 0 Å². The Morgan fingerprint density at radius 1 is 1.53 bits per heavy atom. The number of aryl methyl sites for hydroxylation is 1. The molecule has 0 aromatic heterocycles. The van der Waals surface area contributed by atoms with Gasteiger partial charge in [0.15, 0.2) is 5.78 Å². The average Bonchev–Trinajstić information content (AvgIpc) is 2.20. The summed E-state index contributed by atoms with van der Waals surface area (Å²) in [6.45, 7) is 6.02. The van der Waals surface area contributed by atoms with Gasteiger partial charge < -0.3 is 10.5 Å². The largest absolute Gasteiger partial charge is 0.494 e. The van der Waals surface area contributed by atoms with Crippen LogP contribution < -0.4 is 10.5 Å². The summed E-state index contributed by atoms with van der Waals surface area (Å²) in [6.07, 6.45) is 0. The highest BCUT2D eigenvalue weighted by Gasteiger charge is 2.12. The third-order valence-corrected chi connectivity index (χ3v) is 2.30. The van der Waals surface area contributed by atoms with Crippen molar-refractivity contribution in [2.75, 3.05) is 6.61 Å². The standard InChI is InChI=1S/C12H17NO2/c1-4-15-11-6-5-10(7-8(11)2)12(13)9(3)14/h5-7,12H,4,13H2,1-3H3. The average molecular weight is 207 g/mol. The van der Waals surface area contributed by atoms with Gasteiger partial charge in [-0.25, -0.2) is 0 Å². The number of benzene rings is 1. The van der Waals surface area contributed by atoms with E-state index in [-0.39, 0.29) is 5.78 Å². The molecule has 0 heterocycles. The van der Waals surface area contributed by atoms with E-state index in [0.29, 0.717) is 6.61 Å². The molecule has 0 radical (unpaired) electrons. The molecule has 82 valence electrons. The van der Waals surface area contributed by atoms with Crippen LogP contribution in [-0.2, 0) is 4.79 Å². The Bertz CT molecular complexity index is 361. The molecule has 0 spiro atoms. The Labute approximate surface area is 90.2 Å². The van der Waals surface area contributed by atoms with Gasteiger partial charge in [-0.2, -0.15) is 0 Å². The zero-order valence-electron chi connectivity index (χ0n) is 9.41. The van der Waals surface area contributed by atoms with E-state index < -0.39 is 6.04 Å². The highest BCUT2D eigenvalue weighted by atomic mass is 16.5. The van der Waals surface area contributed by atoms with Gasteiger partial charge in [0.25, 0.3) is 0 Å². The summed E-state index contributed by atoms with van der Waals surface area (Å²) in [6, 6.07) is 5.07. The van der Waals surface area contributed by atoms with Crippen molar-refractivity contribution in [3.63, 3.8) is 0 Å². The van der Waals surface area contributed by atoms with Gasteiger partial charge in [-0.15, -0.1) is 0 Å². The molecule has 0 aliphatic carbocycles. The van der Waals surface area contributed by atoms with E-state index >= 15 is 0 Å². The van der Waals surface area contributed by atoms with Crippen LogP contribution >= 0.6 is 0 Å². The molecule has 0 saturated carbocycles. The molecule has 3 heteroatoms. The van der Waals surface area contributed by atoms with E-state index in [0.717, 1.165) is 16.9 Å². The number of ketones is 1. The second-order valence-corrected chi connectivity index (χ2v) is 3.55. The molecular formula is C12H17NO2. The van der Waals surface area contributed by atoms with Crippen molar-refractivity contribution in [2.45, 2.75) is 26.8 Å². The molecule has 0 aliphatic heterocycles. The minimum absolute atomic E-state index is 0.0291. The zero-order chi connectivity index (χ0) is 11.4. The van der Waals surface area contributed by atoms with Crippen LogP contribution in [0.4, 0.5) is 0 Å². The van der Waals surface area contributed by atoms with Crippen LogP contribution in [0.1, 0.15) is 31.0 Å². The van der Waals surface area contributed by atoms with Crippen molar-refractivity contribution in [2.24, 2.45) is 5.73 Å². The van der Waals surface area contributed by atoms with Crippen LogP contribution in [0.5, 0.6) is 5.75 Å². The third kappa shape index (κ3) is 2.80. The van der Waals surface area contributed by atoms with Gasteiger partial charge in [0.2, 0.25) is 0 Å². The number of rotatable bonds is 4. The molecule has 0 saturated heterocycles. The fourth-order valence-corrected chi connectivity index (χ4v) is 1.42. The van der Waals surface area contributed by atoms with Crippen LogP contribution in [-0.4, -0.2) is 12.4 Å². The summed E-state index contributed by atoms with van der Waals surface area (Å²) in [5.41, 5.74) is 7.58. The molecule has 15 heavy (non-hydrogen) atoms. The number of ether oxygens (including phenoxy) is 1. The first kappa shape index (κ1) is 11.7. The Balaban J connectivity index is 2.95. The fraction of sp³-hybridized carbons (Fsp3) is 0.417. The zero-order valence-corrected chi connectivity index (χ0v) is 9.41. The minimum atomic E-state index is -0.528. The molecular weight excluding hydrogens is 190 g/mol. The minimum Gasteiger partial charge on any atom is -0.494 e. The highest BCUT2D eigenvalue weighted by molar-refractivity contribution is 5.82. The summed E-state index contributed by atoms with van der Waals surface area (Å²) in [5.74, 6) is 0.815. The Morgan fingerprint density at radius 3 is 2.67 bits per heavy atom. The van der Waals surface area contributed by atoms with Crippen LogP contribution in [0.3, 0.4) is 0 Å². The first-order valence-electron chi connectivity index (χ1n) is 5.05. The molecule has 2 N–H and O–H groups in total. The number of hydrogen-bond donors (Lipinski definition) is 1. The maximum absolute atomic E-state index is 11.1. The molecule has 0 fully saturated rings. The predicted molar refractivity (Wildman–Crippen MR) is 60.0 cm³/mol. The lowest BCUT2D eigenvalue weighted by atomic mass is 10.0. The van der Waals surface area contributed by atoms with E-state index in [1.165, 1.54) is 6.92 Å². The number of hydrogen-bond acceptors (Lipinski definition) is 3. The van der Waals surface area contributed by atoms with Gasteiger partial charge in [-0.05, 0) is 38.0 Å². The van der Waals surface area contributed by atoms with E-state index in [4.69, 9.17) is 10.5 Å². The Morgan fingerprint density at radius 2 is 2.20 bits per heavy atom. The van der Waals surface area contributed by atoms with E-state index in [1.54, 1.807) is 0 Å². The summed E-state index contributed by atoms with van der Waals surface area (Å²) >= 11 is 0. The number of carbonyl (C=O) groups is 1. The SMILES string of the molecule is CCOc1ccc(C(N)C(C)=O)cc1C. The molecule has 0 amide bonds. The topological polar surface area (TPSA) is 52.3 Å². The lowest BCUT2D eigenvalue weighted by Gasteiger charge is -2.12. The van der Waals surface area contributed by atoms with Gasteiger partial charge in [0.05, 0.1) is 12.6 Å². The first-order valence-corrected chi connectivity index (χ1v) is 5.05. The molecule has 1 aromatic carbocycles. The summed E-state index contributed by atoms with van der Waals surface area (Å²) in [7, 11) is 0. The van der Waals surface area contributed by atoms with Crippen molar-refractivity contribution >= 4 is 5.78 Å². The van der Waals surface area contributed by atoms with Crippen molar-refractivity contribution in [1.29, 1.82) is 0 Å². The van der Waals surface area contributed by atoms with Crippen LogP contribution in [0.15, 0.2) is 18.2 Å². The maximum Gasteiger partial charge on any atom is 0.150 e. The smallest absolute Gasteiger partial charge is 0.150 e. The van der Waals surface area contributed by atoms with E-state index in [1.807, 2.05) is 32.0 Å². The molecule has 0 aliphatic rings. The van der Waals surface area contributed by atoms with Crippen LogP contribution in [0.25, 0.3) is 0 Å². The lowest BCUT2D eigenvalue weighted by molar-refractivity contribution is -0.118. The number of carbonyl (C=O) groups excluding carboxylic acids is 1. The quantitative estimate of drug-likeness (QED) is 0.821. The summed E-state index contributed by atoms with van der Waals surface area (Å²) < 4.78 is 5.41. The molecule has 1 atom stereocenters. The van der Waals surface area contributed by atoms with Crippen molar-refractivity contribution < 1.29 is 9.53 Å².